The van der Waals surface area contributed by atoms with Crippen LogP contribution in [0.3, 0.4) is 0 Å². The summed E-state index contributed by atoms with van der Waals surface area (Å²) in [5, 5.41) is 14.5. The smallest absolute Gasteiger partial charge is 0.271 e. The molecule has 4 nitrogen and oxygen atoms in total. The Hall–Kier alpha value is -2.92. The van der Waals surface area contributed by atoms with E-state index in [0.29, 0.717) is 16.8 Å². The number of hydrogen-bond donors (Lipinski definition) is 2. The summed E-state index contributed by atoms with van der Waals surface area (Å²) in [6.07, 6.45) is 0. The van der Waals surface area contributed by atoms with E-state index in [0.717, 1.165) is 10.0 Å². The van der Waals surface area contributed by atoms with Gasteiger partial charge >= 0.3 is 0 Å². The van der Waals surface area contributed by atoms with E-state index in [1.165, 1.54) is 0 Å². The Labute approximate surface area is 154 Å². The Kier molecular flexibility index (Phi) is 5.26. The van der Waals surface area contributed by atoms with Gasteiger partial charge in [0.2, 0.25) is 0 Å². The van der Waals surface area contributed by atoms with Crippen LogP contribution in [0.1, 0.15) is 21.5 Å². The van der Waals surface area contributed by atoms with Crippen LogP contribution in [0.15, 0.2) is 88.4 Å². The average Bonchev–Trinajstić information content (AvgIpc) is 2.66. The van der Waals surface area contributed by atoms with Crippen molar-refractivity contribution >= 4 is 27.5 Å². The maximum absolute atomic E-state index is 12.3. The topological polar surface area (TPSA) is 61.7 Å². The molecule has 0 aromatic heterocycles. The molecule has 0 saturated carbocycles. The van der Waals surface area contributed by atoms with Gasteiger partial charge in [-0.05, 0) is 30.3 Å². The van der Waals surface area contributed by atoms with Crippen molar-refractivity contribution in [2.75, 3.05) is 0 Å². The van der Waals surface area contributed by atoms with Crippen molar-refractivity contribution in [1.82, 2.24) is 5.43 Å². The fourth-order valence-electron chi connectivity index (χ4n) is 2.33. The molecule has 0 atom stereocenters. The molecule has 3 aromatic carbocycles. The first-order valence-corrected chi connectivity index (χ1v) is 8.42. The Morgan fingerprint density at radius 3 is 2.12 bits per heavy atom. The van der Waals surface area contributed by atoms with Crippen LogP contribution in [0.2, 0.25) is 0 Å². The molecule has 0 radical (unpaired) electrons. The molecule has 25 heavy (non-hydrogen) atoms. The number of amides is 1. The third-order valence-corrected chi connectivity index (χ3v) is 4.06. The number of phenolic OH excluding ortho intramolecular Hbond substituents is 1. The summed E-state index contributed by atoms with van der Waals surface area (Å²) in [5.41, 5.74) is 4.86. The normalized spacial score (nSPS) is 11.2. The van der Waals surface area contributed by atoms with Crippen molar-refractivity contribution in [3.05, 3.63) is 100 Å². The Morgan fingerprint density at radius 2 is 1.48 bits per heavy atom. The third kappa shape index (κ3) is 4.14. The van der Waals surface area contributed by atoms with Gasteiger partial charge < -0.3 is 5.11 Å². The third-order valence-electron chi connectivity index (χ3n) is 3.57. The first kappa shape index (κ1) is 16.9. The van der Waals surface area contributed by atoms with Crippen molar-refractivity contribution in [1.29, 1.82) is 0 Å². The van der Waals surface area contributed by atoms with E-state index in [2.05, 4.69) is 26.5 Å². The molecule has 0 aliphatic rings. The summed E-state index contributed by atoms with van der Waals surface area (Å²) in [4.78, 5) is 12.3. The van der Waals surface area contributed by atoms with Gasteiger partial charge in [-0.15, -0.1) is 0 Å². The van der Waals surface area contributed by atoms with Crippen LogP contribution in [-0.4, -0.2) is 16.7 Å². The van der Waals surface area contributed by atoms with E-state index in [4.69, 9.17) is 0 Å². The fourth-order valence-corrected chi connectivity index (χ4v) is 2.70. The number of nitrogens with zero attached hydrogens (tertiary/aromatic N) is 1. The minimum Gasteiger partial charge on any atom is -0.507 e. The highest BCUT2D eigenvalue weighted by Gasteiger charge is 2.13. The SMILES string of the molecule is O=C(N/N=C(\c1ccccc1)c1cc(Br)ccc1O)c1ccccc1. The first-order valence-electron chi connectivity index (χ1n) is 7.62. The van der Waals surface area contributed by atoms with Crippen LogP contribution in [0.25, 0.3) is 0 Å². The van der Waals surface area contributed by atoms with Crippen molar-refractivity contribution in [2.45, 2.75) is 0 Å². The number of nitrogens with one attached hydrogen (secondary N) is 1. The molecule has 0 unspecified atom stereocenters. The van der Waals surface area contributed by atoms with E-state index in [-0.39, 0.29) is 11.7 Å². The maximum atomic E-state index is 12.3. The van der Waals surface area contributed by atoms with Crippen LogP contribution < -0.4 is 5.43 Å². The van der Waals surface area contributed by atoms with Crippen molar-refractivity contribution in [3.8, 4) is 5.75 Å². The number of carbonyl (C=O) groups excluding carboxylic acids is 1. The number of hydrogen-bond acceptors (Lipinski definition) is 3. The van der Waals surface area contributed by atoms with Crippen LogP contribution >= 0.6 is 15.9 Å². The van der Waals surface area contributed by atoms with Crippen molar-refractivity contribution in [2.24, 2.45) is 5.10 Å². The Balaban J connectivity index is 2.00. The average molecular weight is 395 g/mol. The number of phenols is 1. The van der Waals surface area contributed by atoms with Gasteiger partial charge in [0.05, 0.1) is 0 Å². The van der Waals surface area contributed by atoms with Crippen LogP contribution in [0.5, 0.6) is 5.75 Å². The highest BCUT2D eigenvalue weighted by Crippen LogP contribution is 2.25. The number of benzene rings is 3. The van der Waals surface area contributed by atoms with E-state index < -0.39 is 0 Å². The van der Waals surface area contributed by atoms with Crippen molar-refractivity contribution < 1.29 is 9.90 Å². The highest BCUT2D eigenvalue weighted by molar-refractivity contribution is 9.10. The molecule has 2 N–H and O–H groups in total. The lowest BCUT2D eigenvalue weighted by Gasteiger charge is -2.10. The molecule has 0 saturated heterocycles. The zero-order valence-electron chi connectivity index (χ0n) is 13.2. The Bertz CT molecular complexity index is 909. The van der Waals surface area contributed by atoms with E-state index in [1.54, 1.807) is 42.5 Å². The standard InChI is InChI=1S/C20H15BrN2O2/c21-16-11-12-18(24)17(13-16)19(14-7-3-1-4-8-14)22-23-20(25)15-9-5-2-6-10-15/h1-13,24H,(H,23,25)/b22-19+. The molecule has 0 aliphatic heterocycles. The van der Waals surface area contributed by atoms with Crippen molar-refractivity contribution in [3.63, 3.8) is 0 Å². The molecule has 0 heterocycles. The zero-order valence-corrected chi connectivity index (χ0v) is 14.8. The minimum absolute atomic E-state index is 0.0831. The Morgan fingerprint density at radius 1 is 0.880 bits per heavy atom. The van der Waals surface area contributed by atoms with Gasteiger partial charge in [0.1, 0.15) is 11.5 Å². The second-order valence-corrected chi connectivity index (χ2v) is 6.21. The minimum atomic E-state index is -0.316. The number of rotatable bonds is 4. The summed E-state index contributed by atoms with van der Waals surface area (Å²) in [7, 11) is 0. The molecule has 0 bridgehead atoms. The van der Waals surface area contributed by atoms with E-state index in [9.17, 15) is 9.90 Å². The van der Waals surface area contributed by atoms with E-state index in [1.807, 2.05) is 36.4 Å². The monoisotopic (exact) mass is 394 g/mol. The second-order valence-electron chi connectivity index (χ2n) is 5.29. The van der Waals surface area contributed by atoms with Crippen LogP contribution in [-0.2, 0) is 0 Å². The molecular formula is C20H15BrN2O2. The summed E-state index contributed by atoms with van der Waals surface area (Å²) in [6.45, 7) is 0. The van der Waals surface area contributed by atoms with Gasteiger partial charge in [-0.2, -0.15) is 5.10 Å². The summed E-state index contributed by atoms with van der Waals surface area (Å²) in [6, 6.07) is 23.3. The molecule has 124 valence electrons. The fraction of sp³-hybridized carbons (Fsp3) is 0. The number of halogens is 1. The van der Waals surface area contributed by atoms with Gasteiger partial charge in [0.25, 0.3) is 5.91 Å². The number of carbonyl (C=O) groups is 1. The maximum Gasteiger partial charge on any atom is 0.271 e. The predicted octanol–water partition coefficient (Wildman–Crippen LogP) is 4.34. The van der Waals surface area contributed by atoms with Gasteiger partial charge in [-0.3, -0.25) is 4.79 Å². The molecule has 5 heteroatoms. The zero-order chi connectivity index (χ0) is 17.6. The van der Waals surface area contributed by atoms with E-state index >= 15 is 0 Å². The summed E-state index contributed by atoms with van der Waals surface area (Å²) in [5.74, 6) is -0.233. The quantitative estimate of drug-likeness (QED) is 0.510. The van der Waals surface area contributed by atoms with Gasteiger partial charge in [-0.25, -0.2) is 5.43 Å². The number of aromatic hydroxyl groups is 1. The molecule has 0 fully saturated rings. The molecule has 0 spiro atoms. The van der Waals surface area contributed by atoms with Gasteiger partial charge in [0.15, 0.2) is 0 Å². The largest absolute Gasteiger partial charge is 0.507 e. The van der Waals surface area contributed by atoms with Crippen LogP contribution in [0, 0.1) is 0 Å². The molecule has 3 rings (SSSR count). The lowest BCUT2D eigenvalue weighted by molar-refractivity contribution is 0.0955. The number of hydrazone groups is 1. The molecule has 0 aliphatic carbocycles. The molecule has 3 aromatic rings. The lowest BCUT2D eigenvalue weighted by atomic mass is 10.0. The predicted molar refractivity (Wildman–Crippen MR) is 102 cm³/mol. The summed E-state index contributed by atoms with van der Waals surface area (Å²) >= 11 is 3.40. The summed E-state index contributed by atoms with van der Waals surface area (Å²) < 4.78 is 0.804. The first-order chi connectivity index (χ1) is 12.1. The highest BCUT2D eigenvalue weighted by atomic mass is 79.9. The molecule has 1 amide bonds. The lowest BCUT2D eigenvalue weighted by Crippen LogP contribution is -2.20. The second kappa shape index (κ2) is 7.77. The molecular weight excluding hydrogens is 380 g/mol. The van der Waals surface area contributed by atoms with Gasteiger partial charge in [-0.1, -0.05) is 64.5 Å². The van der Waals surface area contributed by atoms with Crippen LogP contribution in [0.4, 0.5) is 0 Å². The van der Waals surface area contributed by atoms with Gasteiger partial charge in [0, 0.05) is 21.2 Å².